The summed E-state index contributed by atoms with van der Waals surface area (Å²) < 4.78 is 21.4. The van der Waals surface area contributed by atoms with Crippen molar-refractivity contribution in [2.75, 3.05) is 0 Å². The van der Waals surface area contributed by atoms with Gasteiger partial charge in [0.2, 0.25) is 9.05 Å². The Labute approximate surface area is 86.2 Å². The SMILES string of the molecule is CC(C)c1nc(CS(=O)(=O)Cl)cs1. The Morgan fingerprint density at radius 2 is 2.23 bits per heavy atom. The van der Waals surface area contributed by atoms with Gasteiger partial charge in [-0.1, -0.05) is 13.8 Å². The lowest BCUT2D eigenvalue weighted by molar-refractivity contribution is 0.608. The monoisotopic (exact) mass is 239 g/mol. The second-order valence-corrected chi connectivity index (χ2v) is 6.68. The summed E-state index contributed by atoms with van der Waals surface area (Å²) in [7, 11) is 1.62. The van der Waals surface area contributed by atoms with Crippen molar-refractivity contribution in [1.29, 1.82) is 0 Å². The molecule has 0 radical (unpaired) electrons. The molecule has 0 fully saturated rings. The van der Waals surface area contributed by atoms with E-state index >= 15 is 0 Å². The van der Waals surface area contributed by atoms with Crippen LogP contribution in [0.1, 0.15) is 30.5 Å². The zero-order valence-electron chi connectivity index (χ0n) is 7.32. The van der Waals surface area contributed by atoms with Crippen molar-refractivity contribution in [3.63, 3.8) is 0 Å². The molecule has 0 aromatic carbocycles. The van der Waals surface area contributed by atoms with Crippen LogP contribution in [0.15, 0.2) is 5.38 Å². The van der Waals surface area contributed by atoms with E-state index in [-0.39, 0.29) is 5.75 Å². The normalized spacial score (nSPS) is 12.3. The molecule has 0 N–H and O–H groups in total. The third-order valence-corrected chi connectivity index (χ3v) is 3.55. The molecule has 74 valence electrons. The summed E-state index contributed by atoms with van der Waals surface area (Å²) in [4.78, 5) is 4.15. The number of rotatable bonds is 3. The Kier molecular flexibility index (Phi) is 3.32. The highest BCUT2D eigenvalue weighted by molar-refractivity contribution is 8.13. The zero-order chi connectivity index (χ0) is 10.1. The quantitative estimate of drug-likeness (QED) is 0.761. The van der Waals surface area contributed by atoms with Gasteiger partial charge in [-0.05, 0) is 0 Å². The van der Waals surface area contributed by atoms with E-state index in [0.717, 1.165) is 5.01 Å². The van der Waals surface area contributed by atoms with Crippen LogP contribution in [0.4, 0.5) is 0 Å². The average molecular weight is 240 g/mol. The number of hydrogen-bond donors (Lipinski definition) is 0. The van der Waals surface area contributed by atoms with Crippen molar-refractivity contribution in [2.24, 2.45) is 0 Å². The molecule has 0 amide bonds. The molecular weight excluding hydrogens is 230 g/mol. The fraction of sp³-hybridized carbons (Fsp3) is 0.571. The lowest BCUT2D eigenvalue weighted by atomic mass is 10.2. The van der Waals surface area contributed by atoms with Crippen LogP contribution < -0.4 is 0 Å². The summed E-state index contributed by atoms with van der Waals surface area (Å²) in [5.41, 5.74) is 0.531. The molecule has 0 bridgehead atoms. The van der Waals surface area contributed by atoms with E-state index in [9.17, 15) is 8.42 Å². The molecule has 1 aromatic heterocycles. The minimum absolute atomic E-state index is 0.183. The maximum atomic E-state index is 10.7. The Balaban J connectivity index is 2.81. The van der Waals surface area contributed by atoms with Crippen LogP contribution in [-0.4, -0.2) is 13.4 Å². The number of nitrogens with zero attached hydrogens (tertiary/aromatic N) is 1. The van der Waals surface area contributed by atoms with Crippen molar-refractivity contribution >= 4 is 31.1 Å². The summed E-state index contributed by atoms with van der Waals surface area (Å²) in [6.45, 7) is 4.02. The maximum Gasteiger partial charge on any atom is 0.238 e. The highest BCUT2D eigenvalue weighted by Crippen LogP contribution is 2.20. The van der Waals surface area contributed by atoms with Crippen molar-refractivity contribution in [2.45, 2.75) is 25.5 Å². The molecule has 0 saturated carbocycles. The standard InChI is InChI=1S/C7H10ClNO2S2/c1-5(2)7-9-6(3-12-7)4-13(8,10)11/h3,5H,4H2,1-2H3. The first-order chi connectivity index (χ1) is 5.88. The molecule has 0 atom stereocenters. The second kappa shape index (κ2) is 3.94. The first-order valence-corrected chi connectivity index (χ1v) is 7.11. The van der Waals surface area contributed by atoms with Crippen LogP contribution in [0.25, 0.3) is 0 Å². The van der Waals surface area contributed by atoms with Crippen molar-refractivity contribution in [3.05, 3.63) is 16.1 Å². The molecule has 0 unspecified atom stereocenters. The van der Waals surface area contributed by atoms with E-state index in [4.69, 9.17) is 10.7 Å². The Morgan fingerprint density at radius 1 is 1.62 bits per heavy atom. The van der Waals surface area contributed by atoms with Gasteiger partial charge in [0, 0.05) is 22.0 Å². The smallest absolute Gasteiger partial charge is 0.238 e. The lowest BCUT2D eigenvalue weighted by Gasteiger charge is -1.96. The van der Waals surface area contributed by atoms with Crippen LogP contribution in [0.3, 0.4) is 0 Å². The van der Waals surface area contributed by atoms with Gasteiger partial charge in [0.15, 0.2) is 0 Å². The summed E-state index contributed by atoms with van der Waals surface area (Å²) in [5, 5.41) is 2.67. The molecule has 0 aliphatic rings. The lowest BCUT2D eigenvalue weighted by Crippen LogP contribution is -1.96. The fourth-order valence-corrected chi connectivity index (χ4v) is 2.61. The highest BCUT2D eigenvalue weighted by Gasteiger charge is 2.11. The summed E-state index contributed by atoms with van der Waals surface area (Å²) in [6.07, 6.45) is 0. The van der Waals surface area contributed by atoms with Gasteiger partial charge in [0.05, 0.1) is 10.7 Å². The molecule has 0 saturated heterocycles. The molecular formula is C7H10ClNO2S2. The van der Waals surface area contributed by atoms with Gasteiger partial charge in [-0.15, -0.1) is 11.3 Å². The Morgan fingerprint density at radius 3 is 2.62 bits per heavy atom. The zero-order valence-corrected chi connectivity index (χ0v) is 9.71. The van der Waals surface area contributed by atoms with E-state index < -0.39 is 9.05 Å². The van der Waals surface area contributed by atoms with Gasteiger partial charge < -0.3 is 0 Å². The first kappa shape index (κ1) is 10.9. The van der Waals surface area contributed by atoms with Gasteiger partial charge in [-0.2, -0.15) is 0 Å². The molecule has 0 aliphatic heterocycles. The van der Waals surface area contributed by atoms with E-state index in [0.29, 0.717) is 11.6 Å². The third kappa shape index (κ3) is 3.62. The topological polar surface area (TPSA) is 47.0 Å². The largest absolute Gasteiger partial charge is 0.245 e. The van der Waals surface area contributed by atoms with Crippen LogP contribution in [0, 0.1) is 0 Å². The minimum Gasteiger partial charge on any atom is -0.245 e. The number of hydrogen-bond acceptors (Lipinski definition) is 4. The predicted octanol–water partition coefficient (Wildman–Crippen LogP) is 2.34. The summed E-state index contributed by atoms with van der Waals surface area (Å²) in [5.74, 6) is 0.148. The highest BCUT2D eigenvalue weighted by atomic mass is 35.7. The van der Waals surface area contributed by atoms with E-state index in [1.165, 1.54) is 11.3 Å². The maximum absolute atomic E-state index is 10.7. The van der Waals surface area contributed by atoms with Crippen LogP contribution in [0.2, 0.25) is 0 Å². The number of halogens is 1. The third-order valence-electron chi connectivity index (χ3n) is 1.38. The van der Waals surface area contributed by atoms with Crippen LogP contribution in [-0.2, 0) is 14.8 Å². The fourth-order valence-electron chi connectivity index (χ4n) is 0.831. The molecule has 1 rings (SSSR count). The second-order valence-electron chi connectivity index (χ2n) is 3.01. The van der Waals surface area contributed by atoms with Gasteiger partial charge in [-0.25, -0.2) is 13.4 Å². The minimum atomic E-state index is -3.47. The molecule has 13 heavy (non-hydrogen) atoms. The van der Waals surface area contributed by atoms with Gasteiger partial charge in [-0.3, -0.25) is 0 Å². The average Bonchev–Trinajstić information content (AvgIpc) is 2.31. The molecule has 1 heterocycles. The number of thiazole rings is 1. The van der Waals surface area contributed by atoms with E-state index in [1.807, 2.05) is 13.8 Å². The van der Waals surface area contributed by atoms with Crippen LogP contribution in [0.5, 0.6) is 0 Å². The van der Waals surface area contributed by atoms with Crippen LogP contribution >= 0.6 is 22.0 Å². The molecule has 0 spiro atoms. The Hall–Kier alpha value is -0.130. The van der Waals surface area contributed by atoms with Crippen molar-refractivity contribution < 1.29 is 8.42 Å². The predicted molar refractivity (Wildman–Crippen MR) is 54.7 cm³/mol. The Bertz CT molecular complexity index is 383. The number of aromatic nitrogens is 1. The summed E-state index contributed by atoms with van der Waals surface area (Å²) in [6, 6.07) is 0. The van der Waals surface area contributed by atoms with E-state index in [1.54, 1.807) is 5.38 Å². The van der Waals surface area contributed by atoms with Gasteiger partial charge in [0.1, 0.15) is 5.75 Å². The summed E-state index contributed by atoms with van der Waals surface area (Å²) >= 11 is 1.46. The molecule has 6 heteroatoms. The van der Waals surface area contributed by atoms with E-state index in [2.05, 4.69) is 4.98 Å². The first-order valence-electron chi connectivity index (χ1n) is 3.75. The van der Waals surface area contributed by atoms with Gasteiger partial charge >= 0.3 is 0 Å². The molecule has 3 nitrogen and oxygen atoms in total. The molecule has 0 aliphatic carbocycles. The molecule has 1 aromatic rings. The van der Waals surface area contributed by atoms with Crippen molar-refractivity contribution in [1.82, 2.24) is 4.98 Å². The van der Waals surface area contributed by atoms with Gasteiger partial charge in [0.25, 0.3) is 0 Å². The van der Waals surface area contributed by atoms with Crippen molar-refractivity contribution in [3.8, 4) is 0 Å².